The molecule has 0 bridgehead atoms. The Bertz CT molecular complexity index is 775. The van der Waals surface area contributed by atoms with Crippen LogP contribution in [0.5, 0.6) is 0 Å². The molecule has 0 unspecified atom stereocenters. The summed E-state index contributed by atoms with van der Waals surface area (Å²) < 4.78 is 0.953. The number of carbonyl (C=O) groups is 2. The van der Waals surface area contributed by atoms with Crippen molar-refractivity contribution in [2.24, 2.45) is 0 Å². The van der Waals surface area contributed by atoms with E-state index in [-0.39, 0.29) is 18.4 Å². The molecule has 0 aliphatic rings. The van der Waals surface area contributed by atoms with Gasteiger partial charge < -0.3 is 15.5 Å². The van der Waals surface area contributed by atoms with Crippen molar-refractivity contribution in [3.63, 3.8) is 0 Å². The van der Waals surface area contributed by atoms with Crippen molar-refractivity contribution in [2.75, 3.05) is 30.4 Å². The first kappa shape index (κ1) is 20.0. The maximum absolute atomic E-state index is 12.2. The van der Waals surface area contributed by atoms with Gasteiger partial charge in [0, 0.05) is 35.0 Å². The van der Waals surface area contributed by atoms with Gasteiger partial charge in [0.1, 0.15) is 0 Å². The first-order valence-corrected chi connectivity index (χ1v) is 9.35. The zero-order valence-electron chi connectivity index (χ0n) is 15.3. The van der Waals surface area contributed by atoms with E-state index in [9.17, 15) is 9.59 Å². The molecule has 0 saturated heterocycles. The van der Waals surface area contributed by atoms with Gasteiger partial charge in [-0.3, -0.25) is 9.59 Å². The number of carbonyl (C=O) groups excluding carboxylic acids is 2. The van der Waals surface area contributed by atoms with E-state index < -0.39 is 0 Å². The minimum absolute atomic E-state index is 0.0776. The Labute approximate surface area is 162 Å². The third kappa shape index (κ3) is 5.59. The van der Waals surface area contributed by atoms with E-state index in [1.165, 1.54) is 0 Å². The van der Waals surface area contributed by atoms with Gasteiger partial charge in [-0.2, -0.15) is 0 Å². The number of benzene rings is 2. The molecule has 0 fully saturated rings. The third-order valence-corrected chi connectivity index (χ3v) is 4.49. The second-order valence-electron chi connectivity index (χ2n) is 6.16. The van der Waals surface area contributed by atoms with E-state index in [0.29, 0.717) is 5.56 Å². The van der Waals surface area contributed by atoms with Gasteiger partial charge in [0.05, 0.1) is 6.54 Å². The van der Waals surface area contributed by atoms with Gasteiger partial charge in [-0.05, 0) is 61.4 Å². The van der Waals surface area contributed by atoms with Crippen LogP contribution in [0, 0.1) is 6.92 Å². The van der Waals surface area contributed by atoms with Crippen LogP contribution in [0.15, 0.2) is 46.9 Å². The van der Waals surface area contributed by atoms with Crippen LogP contribution in [-0.2, 0) is 4.79 Å². The molecular formula is C20H24BrN3O2. The number of amides is 2. The number of nitrogens with zero attached hydrogens (tertiary/aromatic N) is 1. The zero-order valence-corrected chi connectivity index (χ0v) is 16.9. The number of aryl methyl sites for hydroxylation is 1. The Balaban J connectivity index is 1.88. The monoisotopic (exact) mass is 417 g/mol. The summed E-state index contributed by atoms with van der Waals surface area (Å²) in [4.78, 5) is 26.4. The van der Waals surface area contributed by atoms with Crippen molar-refractivity contribution < 1.29 is 9.59 Å². The third-order valence-electron chi connectivity index (χ3n) is 4.00. The molecule has 0 aromatic heterocycles. The van der Waals surface area contributed by atoms with Crippen molar-refractivity contribution in [1.82, 2.24) is 5.32 Å². The molecule has 0 atom stereocenters. The Morgan fingerprint density at radius 1 is 1.12 bits per heavy atom. The highest BCUT2D eigenvalue weighted by molar-refractivity contribution is 9.10. The zero-order chi connectivity index (χ0) is 19.1. The van der Waals surface area contributed by atoms with Crippen molar-refractivity contribution in [1.29, 1.82) is 0 Å². The lowest BCUT2D eigenvalue weighted by Gasteiger charge is -2.18. The topological polar surface area (TPSA) is 61.4 Å². The molecule has 0 aliphatic heterocycles. The molecule has 2 aromatic rings. The molecule has 0 saturated carbocycles. The van der Waals surface area contributed by atoms with Crippen molar-refractivity contribution in [2.45, 2.75) is 20.3 Å². The van der Waals surface area contributed by atoms with Crippen molar-refractivity contribution in [3.05, 3.63) is 58.1 Å². The van der Waals surface area contributed by atoms with Gasteiger partial charge >= 0.3 is 0 Å². The first-order chi connectivity index (χ1) is 12.4. The molecule has 2 amide bonds. The second-order valence-corrected chi connectivity index (χ2v) is 7.07. The Kier molecular flexibility index (Phi) is 7.21. The summed E-state index contributed by atoms with van der Waals surface area (Å²) in [7, 11) is 2.02. The normalized spacial score (nSPS) is 10.3. The van der Waals surface area contributed by atoms with Gasteiger partial charge in [-0.1, -0.05) is 22.9 Å². The highest BCUT2D eigenvalue weighted by Crippen LogP contribution is 2.19. The molecule has 2 aromatic carbocycles. The van der Waals surface area contributed by atoms with E-state index in [0.717, 1.165) is 34.4 Å². The summed E-state index contributed by atoms with van der Waals surface area (Å²) in [5.41, 5.74) is 3.28. The highest BCUT2D eigenvalue weighted by atomic mass is 79.9. The lowest BCUT2D eigenvalue weighted by molar-refractivity contribution is -0.115. The van der Waals surface area contributed by atoms with Crippen LogP contribution in [-0.4, -0.2) is 32.0 Å². The van der Waals surface area contributed by atoms with E-state index in [2.05, 4.69) is 38.4 Å². The minimum Gasteiger partial charge on any atom is -0.375 e. The van der Waals surface area contributed by atoms with Crippen LogP contribution >= 0.6 is 15.9 Å². The Morgan fingerprint density at radius 3 is 2.42 bits per heavy atom. The fourth-order valence-corrected chi connectivity index (χ4v) is 3.03. The van der Waals surface area contributed by atoms with Crippen LogP contribution in [0.2, 0.25) is 0 Å². The van der Waals surface area contributed by atoms with E-state index in [4.69, 9.17) is 0 Å². The standard InChI is InChI=1S/C20H24BrN3O2/c1-4-11-24(3)17-8-5-15(6-9-17)20(26)22-13-19(25)23-18-10-7-16(21)12-14(18)2/h5-10,12H,4,11,13H2,1-3H3,(H,22,26)(H,23,25). The smallest absolute Gasteiger partial charge is 0.251 e. The van der Waals surface area contributed by atoms with Crippen LogP contribution in [0.4, 0.5) is 11.4 Å². The Morgan fingerprint density at radius 2 is 1.81 bits per heavy atom. The predicted molar refractivity (Wildman–Crippen MR) is 110 cm³/mol. The summed E-state index contributed by atoms with van der Waals surface area (Å²) in [6.07, 6.45) is 1.06. The number of rotatable bonds is 7. The van der Waals surface area contributed by atoms with Crippen LogP contribution in [0.25, 0.3) is 0 Å². The van der Waals surface area contributed by atoms with E-state index in [1.54, 1.807) is 12.1 Å². The van der Waals surface area contributed by atoms with Crippen LogP contribution in [0.1, 0.15) is 29.3 Å². The van der Waals surface area contributed by atoms with Gasteiger partial charge in [0.25, 0.3) is 5.91 Å². The number of nitrogens with one attached hydrogen (secondary N) is 2. The molecule has 2 rings (SSSR count). The fraction of sp³-hybridized carbons (Fsp3) is 0.300. The molecule has 5 nitrogen and oxygen atoms in total. The average molecular weight is 418 g/mol. The van der Waals surface area contributed by atoms with Crippen LogP contribution in [0.3, 0.4) is 0 Å². The molecule has 0 aliphatic carbocycles. The van der Waals surface area contributed by atoms with Gasteiger partial charge in [0.15, 0.2) is 0 Å². The number of anilines is 2. The summed E-state index contributed by atoms with van der Waals surface area (Å²) in [5, 5.41) is 5.45. The lowest BCUT2D eigenvalue weighted by atomic mass is 10.2. The predicted octanol–water partition coefficient (Wildman–Crippen LogP) is 3.97. The molecule has 138 valence electrons. The fourth-order valence-electron chi connectivity index (χ4n) is 2.56. The van der Waals surface area contributed by atoms with Crippen molar-refractivity contribution >= 4 is 39.1 Å². The van der Waals surface area contributed by atoms with E-state index in [1.807, 2.05) is 44.3 Å². The molecular weight excluding hydrogens is 394 g/mol. The van der Waals surface area contributed by atoms with Gasteiger partial charge in [0.2, 0.25) is 5.91 Å². The van der Waals surface area contributed by atoms with E-state index >= 15 is 0 Å². The van der Waals surface area contributed by atoms with Gasteiger partial charge in [-0.25, -0.2) is 0 Å². The van der Waals surface area contributed by atoms with Crippen molar-refractivity contribution in [3.8, 4) is 0 Å². The Hall–Kier alpha value is -2.34. The van der Waals surface area contributed by atoms with Gasteiger partial charge in [-0.15, -0.1) is 0 Å². The summed E-state index contributed by atoms with van der Waals surface area (Å²) in [6.45, 7) is 4.92. The summed E-state index contributed by atoms with van der Waals surface area (Å²) >= 11 is 3.39. The first-order valence-electron chi connectivity index (χ1n) is 8.56. The minimum atomic E-state index is -0.266. The molecule has 2 N–H and O–H groups in total. The molecule has 6 heteroatoms. The SMILES string of the molecule is CCCN(C)c1ccc(C(=O)NCC(=O)Nc2ccc(Br)cc2C)cc1. The molecule has 0 spiro atoms. The molecule has 26 heavy (non-hydrogen) atoms. The lowest BCUT2D eigenvalue weighted by Crippen LogP contribution is -2.33. The summed E-state index contributed by atoms with van der Waals surface area (Å²) in [5.74, 6) is -0.527. The maximum atomic E-state index is 12.2. The molecule has 0 heterocycles. The number of hydrogen-bond donors (Lipinski definition) is 2. The number of hydrogen-bond acceptors (Lipinski definition) is 3. The molecule has 0 radical (unpaired) electrons. The number of halogens is 1. The van der Waals surface area contributed by atoms with Crippen LogP contribution < -0.4 is 15.5 Å². The quantitative estimate of drug-likeness (QED) is 0.716. The summed E-state index contributed by atoms with van der Waals surface area (Å²) in [6, 6.07) is 13.0. The maximum Gasteiger partial charge on any atom is 0.251 e. The largest absolute Gasteiger partial charge is 0.375 e. The average Bonchev–Trinajstić information content (AvgIpc) is 2.62. The second kappa shape index (κ2) is 9.38. The highest BCUT2D eigenvalue weighted by Gasteiger charge is 2.10.